The van der Waals surface area contributed by atoms with E-state index in [0.717, 1.165) is 36.7 Å². The van der Waals surface area contributed by atoms with Crippen LogP contribution in [0.4, 0.5) is 0 Å². The third-order valence-corrected chi connectivity index (χ3v) is 4.07. The van der Waals surface area contributed by atoms with E-state index in [9.17, 15) is 0 Å². The predicted octanol–water partition coefficient (Wildman–Crippen LogP) is 3.22. The molecule has 0 aliphatic rings. The van der Waals surface area contributed by atoms with Gasteiger partial charge in [-0.1, -0.05) is 18.2 Å². The molecule has 25 heavy (non-hydrogen) atoms. The van der Waals surface area contributed by atoms with Crippen LogP contribution in [0.15, 0.2) is 60.9 Å². The molecule has 0 saturated carbocycles. The lowest BCUT2D eigenvalue weighted by atomic mass is 10.1. The molecule has 0 atom stereocenters. The zero-order chi connectivity index (χ0) is 17.5. The summed E-state index contributed by atoms with van der Waals surface area (Å²) in [6, 6.07) is 16.4. The SMILES string of the molecule is COc1ccc(CCNCc2ccc(-n3cccn3)cc2)cc1OC. The molecule has 1 heterocycles. The molecule has 0 amide bonds. The van der Waals surface area contributed by atoms with Crippen LogP contribution in [-0.2, 0) is 13.0 Å². The van der Waals surface area contributed by atoms with E-state index in [4.69, 9.17) is 9.47 Å². The summed E-state index contributed by atoms with van der Waals surface area (Å²) in [6.07, 6.45) is 4.66. The van der Waals surface area contributed by atoms with Gasteiger partial charge >= 0.3 is 0 Å². The van der Waals surface area contributed by atoms with E-state index in [0.29, 0.717) is 0 Å². The van der Waals surface area contributed by atoms with Crippen LogP contribution in [0.1, 0.15) is 11.1 Å². The van der Waals surface area contributed by atoms with Crippen LogP contribution in [0.25, 0.3) is 5.69 Å². The zero-order valence-electron chi connectivity index (χ0n) is 14.6. The minimum Gasteiger partial charge on any atom is -0.493 e. The maximum atomic E-state index is 5.34. The first-order valence-corrected chi connectivity index (χ1v) is 8.31. The van der Waals surface area contributed by atoms with Crippen molar-refractivity contribution in [1.82, 2.24) is 15.1 Å². The van der Waals surface area contributed by atoms with Crippen LogP contribution < -0.4 is 14.8 Å². The van der Waals surface area contributed by atoms with Gasteiger partial charge in [0.25, 0.3) is 0 Å². The first kappa shape index (κ1) is 17.0. The number of hydrogen-bond acceptors (Lipinski definition) is 4. The van der Waals surface area contributed by atoms with Crippen molar-refractivity contribution in [2.24, 2.45) is 0 Å². The summed E-state index contributed by atoms with van der Waals surface area (Å²) in [5, 5.41) is 7.71. The average molecular weight is 337 g/mol. The lowest BCUT2D eigenvalue weighted by molar-refractivity contribution is 0.354. The van der Waals surface area contributed by atoms with Crippen molar-refractivity contribution in [1.29, 1.82) is 0 Å². The Morgan fingerprint density at radius 3 is 2.40 bits per heavy atom. The third-order valence-electron chi connectivity index (χ3n) is 4.07. The van der Waals surface area contributed by atoms with E-state index in [-0.39, 0.29) is 0 Å². The number of nitrogens with one attached hydrogen (secondary N) is 1. The molecule has 0 saturated heterocycles. The quantitative estimate of drug-likeness (QED) is 0.641. The molecular formula is C20H23N3O2. The third kappa shape index (κ3) is 4.39. The predicted molar refractivity (Wildman–Crippen MR) is 98.5 cm³/mol. The van der Waals surface area contributed by atoms with Crippen LogP contribution >= 0.6 is 0 Å². The highest BCUT2D eigenvalue weighted by molar-refractivity contribution is 5.43. The van der Waals surface area contributed by atoms with Crippen LogP contribution in [0, 0.1) is 0 Å². The highest BCUT2D eigenvalue weighted by Gasteiger charge is 2.04. The minimum absolute atomic E-state index is 0.761. The van der Waals surface area contributed by atoms with Gasteiger partial charge in [0, 0.05) is 18.9 Å². The van der Waals surface area contributed by atoms with Crippen molar-refractivity contribution in [2.45, 2.75) is 13.0 Å². The van der Waals surface area contributed by atoms with Crippen LogP contribution in [0.5, 0.6) is 11.5 Å². The van der Waals surface area contributed by atoms with Crippen molar-refractivity contribution >= 4 is 0 Å². The fourth-order valence-electron chi connectivity index (χ4n) is 2.69. The van der Waals surface area contributed by atoms with Gasteiger partial charge in [-0.05, 0) is 54.4 Å². The molecule has 0 aliphatic heterocycles. The summed E-state index contributed by atoms with van der Waals surface area (Å²) in [4.78, 5) is 0. The maximum absolute atomic E-state index is 5.34. The molecule has 0 bridgehead atoms. The Labute approximate surface area is 148 Å². The van der Waals surface area contributed by atoms with Gasteiger partial charge in [0.2, 0.25) is 0 Å². The normalized spacial score (nSPS) is 10.6. The monoisotopic (exact) mass is 337 g/mol. The fourth-order valence-corrected chi connectivity index (χ4v) is 2.69. The second-order valence-corrected chi connectivity index (χ2v) is 5.73. The Morgan fingerprint density at radius 2 is 1.72 bits per heavy atom. The Hall–Kier alpha value is -2.79. The van der Waals surface area contributed by atoms with Crippen LogP contribution in [0.2, 0.25) is 0 Å². The zero-order valence-corrected chi connectivity index (χ0v) is 14.6. The summed E-state index contributed by atoms with van der Waals surface area (Å²) >= 11 is 0. The highest BCUT2D eigenvalue weighted by atomic mass is 16.5. The van der Waals surface area contributed by atoms with Gasteiger partial charge in [0.1, 0.15) is 0 Å². The molecule has 3 rings (SSSR count). The summed E-state index contributed by atoms with van der Waals surface area (Å²) in [6.45, 7) is 1.74. The van der Waals surface area contributed by atoms with Gasteiger partial charge in [0.15, 0.2) is 11.5 Å². The standard InChI is InChI=1S/C20H23N3O2/c1-24-19-9-6-16(14-20(19)25-2)10-12-21-15-17-4-7-18(8-5-17)23-13-3-11-22-23/h3-9,11,13-14,21H,10,12,15H2,1-2H3. The summed E-state index contributed by atoms with van der Waals surface area (Å²) in [5.41, 5.74) is 3.54. The maximum Gasteiger partial charge on any atom is 0.160 e. The Bertz CT molecular complexity index is 783. The van der Waals surface area contributed by atoms with E-state index in [1.807, 2.05) is 29.1 Å². The van der Waals surface area contributed by atoms with E-state index >= 15 is 0 Å². The largest absolute Gasteiger partial charge is 0.493 e. The molecule has 0 spiro atoms. The van der Waals surface area contributed by atoms with Gasteiger partial charge in [-0.25, -0.2) is 4.68 Å². The molecule has 0 radical (unpaired) electrons. The van der Waals surface area contributed by atoms with Crippen molar-refractivity contribution in [3.05, 3.63) is 72.1 Å². The molecular weight excluding hydrogens is 314 g/mol. The Balaban J connectivity index is 1.48. The smallest absolute Gasteiger partial charge is 0.160 e. The minimum atomic E-state index is 0.761. The molecule has 0 unspecified atom stereocenters. The number of hydrogen-bond donors (Lipinski definition) is 1. The van der Waals surface area contributed by atoms with Crippen LogP contribution in [0.3, 0.4) is 0 Å². The molecule has 5 heteroatoms. The van der Waals surface area contributed by atoms with Crippen LogP contribution in [-0.4, -0.2) is 30.5 Å². The van der Waals surface area contributed by atoms with E-state index in [2.05, 4.69) is 40.7 Å². The second-order valence-electron chi connectivity index (χ2n) is 5.73. The first-order chi connectivity index (χ1) is 12.3. The van der Waals surface area contributed by atoms with Crippen molar-refractivity contribution < 1.29 is 9.47 Å². The molecule has 0 aliphatic carbocycles. The number of ether oxygens (including phenoxy) is 2. The molecule has 1 aromatic heterocycles. The number of benzene rings is 2. The van der Waals surface area contributed by atoms with E-state index in [1.54, 1.807) is 20.4 Å². The average Bonchev–Trinajstić information content (AvgIpc) is 3.20. The molecule has 130 valence electrons. The Morgan fingerprint density at radius 1 is 0.960 bits per heavy atom. The highest BCUT2D eigenvalue weighted by Crippen LogP contribution is 2.27. The van der Waals surface area contributed by atoms with Gasteiger partial charge < -0.3 is 14.8 Å². The molecule has 3 aromatic rings. The number of aromatic nitrogens is 2. The Kier molecular flexibility index (Phi) is 5.69. The second kappa shape index (κ2) is 8.35. The number of methoxy groups -OCH3 is 2. The lowest BCUT2D eigenvalue weighted by Crippen LogP contribution is -2.16. The summed E-state index contributed by atoms with van der Waals surface area (Å²) in [5.74, 6) is 1.53. The van der Waals surface area contributed by atoms with Crippen molar-refractivity contribution in [3.63, 3.8) is 0 Å². The fraction of sp³-hybridized carbons (Fsp3) is 0.250. The number of rotatable bonds is 8. The molecule has 0 fully saturated rings. The molecule has 5 nitrogen and oxygen atoms in total. The topological polar surface area (TPSA) is 48.3 Å². The number of nitrogens with zero attached hydrogens (tertiary/aromatic N) is 2. The van der Waals surface area contributed by atoms with E-state index < -0.39 is 0 Å². The van der Waals surface area contributed by atoms with Gasteiger partial charge in [0.05, 0.1) is 19.9 Å². The first-order valence-electron chi connectivity index (χ1n) is 8.31. The van der Waals surface area contributed by atoms with Gasteiger partial charge in [-0.3, -0.25) is 0 Å². The molecule has 1 N–H and O–H groups in total. The van der Waals surface area contributed by atoms with Crippen molar-refractivity contribution in [3.8, 4) is 17.2 Å². The summed E-state index contributed by atoms with van der Waals surface area (Å²) < 4.78 is 12.5. The summed E-state index contributed by atoms with van der Waals surface area (Å²) in [7, 11) is 3.31. The molecule has 2 aromatic carbocycles. The lowest BCUT2D eigenvalue weighted by Gasteiger charge is -2.10. The van der Waals surface area contributed by atoms with Gasteiger partial charge in [-0.15, -0.1) is 0 Å². The van der Waals surface area contributed by atoms with Crippen molar-refractivity contribution in [2.75, 3.05) is 20.8 Å². The van der Waals surface area contributed by atoms with Gasteiger partial charge in [-0.2, -0.15) is 5.10 Å². The van der Waals surface area contributed by atoms with E-state index in [1.165, 1.54) is 11.1 Å².